The molecule has 0 atom stereocenters. The maximum Gasteiger partial charge on any atom is 0.328 e. The van der Waals surface area contributed by atoms with Crippen LogP contribution in [0.5, 0.6) is 11.5 Å². The molecule has 0 amide bonds. The van der Waals surface area contributed by atoms with Crippen LogP contribution in [0.3, 0.4) is 0 Å². The molecule has 9 nitrogen and oxygen atoms in total. The van der Waals surface area contributed by atoms with Gasteiger partial charge in [0.05, 0.1) is 23.2 Å². The Morgan fingerprint density at radius 2 is 1.75 bits per heavy atom. The molecule has 2 aromatic carbocycles. The smallest absolute Gasteiger partial charge is 0.328 e. The molecule has 0 bridgehead atoms. The number of piperidine rings is 1. The van der Waals surface area contributed by atoms with Crippen molar-refractivity contribution in [2.45, 2.75) is 32.1 Å². The lowest BCUT2D eigenvalue weighted by atomic mass is 9.90. The number of Topliss-reactive ketones (excluding diaryl/α,β-unsaturated/α-hetero) is 1. The van der Waals surface area contributed by atoms with Crippen LogP contribution in [-0.4, -0.2) is 79.4 Å². The predicted molar refractivity (Wildman–Crippen MR) is 153 cm³/mol. The third-order valence-corrected chi connectivity index (χ3v) is 7.44. The average molecular weight is 619 g/mol. The Morgan fingerprint density at radius 3 is 2.42 bits per heavy atom. The van der Waals surface area contributed by atoms with Crippen molar-refractivity contribution in [1.29, 1.82) is 0 Å². The number of aliphatic carboxylic acids is 2. The molecular formula is C30H36BrNO8. The van der Waals surface area contributed by atoms with Gasteiger partial charge in [-0.15, -0.1) is 0 Å². The molecule has 2 heterocycles. The van der Waals surface area contributed by atoms with Gasteiger partial charge in [0.15, 0.2) is 5.78 Å². The quantitative estimate of drug-likeness (QED) is 0.274. The van der Waals surface area contributed by atoms with E-state index in [2.05, 4.69) is 45.1 Å². The van der Waals surface area contributed by atoms with Crippen LogP contribution in [0.2, 0.25) is 0 Å². The summed E-state index contributed by atoms with van der Waals surface area (Å²) in [6.07, 6.45) is 6.10. The fourth-order valence-electron chi connectivity index (χ4n) is 4.66. The van der Waals surface area contributed by atoms with Gasteiger partial charge in [0.25, 0.3) is 0 Å². The molecule has 0 saturated carbocycles. The van der Waals surface area contributed by atoms with Crippen LogP contribution in [0, 0.1) is 5.92 Å². The summed E-state index contributed by atoms with van der Waals surface area (Å²) in [4.78, 5) is 33.8. The normalized spacial score (nSPS) is 15.6. The zero-order valence-electron chi connectivity index (χ0n) is 22.6. The number of carbonyl (C=O) groups is 3. The molecule has 10 heteroatoms. The number of carbonyl (C=O) groups excluding carboxylic acids is 1. The van der Waals surface area contributed by atoms with Crippen LogP contribution in [-0.2, 0) is 27.2 Å². The number of fused-ring (bicyclic) bond motifs is 1. The summed E-state index contributed by atoms with van der Waals surface area (Å²) in [5, 5.41) is 15.6. The first-order valence-corrected chi connectivity index (χ1v) is 14.1. The van der Waals surface area contributed by atoms with Crippen LogP contribution in [0.25, 0.3) is 0 Å². The Balaban J connectivity index is 0.000000482. The lowest BCUT2D eigenvalue weighted by Crippen LogP contribution is -2.35. The highest BCUT2D eigenvalue weighted by atomic mass is 79.9. The van der Waals surface area contributed by atoms with Gasteiger partial charge in [0.2, 0.25) is 0 Å². The summed E-state index contributed by atoms with van der Waals surface area (Å²) < 4.78 is 17.5. The SMILES string of the molecule is COCCOc1cc(CC2CCN(CCc3ccc4c(c3)C(=O)CCO4)CC2)ccc1Br.O=C(O)/C=C/C(=O)O. The number of hydrogen-bond donors (Lipinski definition) is 2. The van der Waals surface area contributed by atoms with Gasteiger partial charge < -0.3 is 29.3 Å². The monoisotopic (exact) mass is 617 g/mol. The first kappa shape index (κ1) is 31.3. The molecule has 2 aliphatic heterocycles. The van der Waals surface area contributed by atoms with Crippen LogP contribution >= 0.6 is 15.9 Å². The maximum absolute atomic E-state index is 12.1. The van der Waals surface area contributed by atoms with Crippen LogP contribution < -0.4 is 9.47 Å². The number of halogens is 1. The van der Waals surface area contributed by atoms with Crippen molar-refractivity contribution in [3.8, 4) is 11.5 Å². The molecule has 0 radical (unpaired) electrons. The van der Waals surface area contributed by atoms with E-state index in [0.29, 0.717) is 44.3 Å². The van der Waals surface area contributed by atoms with Gasteiger partial charge in [-0.2, -0.15) is 0 Å². The van der Waals surface area contributed by atoms with E-state index in [9.17, 15) is 14.4 Å². The third kappa shape index (κ3) is 10.4. The zero-order chi connectivity index (χ0) is 28.9. The number of hydrogen-bond acceptors (Lipinski definition) is 7. The van der Waals surface area contributed by atoms with E-state index in [1.165, 1.54) is 24.0 Å². The first-order chi connectivity index (χ1) is 19.2. The van der Waals surface area contributed by atoms with Gasteiger partial charge in [-0.1, -0.05) is 12.1 Å². The largest absolute Gasteiger partial charge is 0.492 e. The van der Waals surface area contributed by atoms with Crippen molar-refractivity contribution in [3.05, 3.63) is 69.7 Å². The second-order valence-corrected chi connectivity index (χ2v) is 10.6. The molecule has 2 aliphatic rings. The van der Waals surface area contributed by atoms with Gasteiger partial charge in [-0.25, -0.2) is 9.59 Å². The zero-order valence-corrected chi connectivity index (χ0v) is 24.2. The van der Waals surface area contributed by atoms with E-state index < -0.39 is 11.9 Å². The van der Waals surface area contributed by atoms with Gasteiger partial charge >= 0.3 is 11.9 Å². The number of ether oxygens (including phenoxy) is 3. The van der Waals surface area contributed by atoms with Crippen molar-refractivity contribution in [3.63, 3.8) is 0 Å². The van der Waals surface area contributed by atoms with Crippen LogP contribution in [0.15, 0.2) is 53.0 Å². The summed E-state index contributed by atoms with van der Waals surface area (Å²) in [5.74, 6) is 0.0311. The lowest BCUT2D eigenvalue weighted by Gasteiger charge is -2.32. The van der Waals surface area contributed by atoms with Gasteiger partial charge in [0.1, 0.15) is 18.1 Å². The number of ketones is 1. The molecule has 2 aromatic rings. The predicted octanol–water partition coefficient (Wildman–Crippen LogP) is 4.65. The number of methoxy groups -OCH3 is 1. The van der Waals surface area contributed by atoms with Crippen LogP contribution in [0.1, 0.15) is 40.7 Å². The number of nitrogens with zero attached hydrogens (tertiary/aromatic N) is 1. The van der Waals surface area contributed by atoms with Crippen molar-refractivity contribution < 1.29 is 38.8 Å². The fourth-order valence-corrected chi connectivity index (χ4v) is 5.02. The van der Waals surface area contributed by atoms with Crippen LogP contribution in [0.4, 0.5) is 0 Å². The second-order valence-electron chi connectivity index (χ2n) is 9.71. The topological polar surface area (TPSA) is 123 Å². The molecular weight excluding hydrogens is 582 g/mol. The maximum atomic E-state index is 12.1. The molecule has 2 N–H and O–H groups in total. The summed E-state index contributed by atoms with van der Waals surface area (Å²) >= 11 is 3.58. The standard InChI is InChI=1S/C26H32BrNO4.C4H4O4/c1-30-14-15-32-26-18-21(2-4-23(26)27)16-20-7-11-28(12-8-20)10-6-19-3-5-25-22(17-19)24(29)9-13-31-25;5-3(6)1-2-4(7)8/h2-5,17-18,20H,6-16H2,1H3;1-2H,(H,5,6)(H,7,8)/b;2-1+. The Morgan fingerprint density at radius 1 is 1.05 bits per heavy atom. The van der Waals surface area contributed by atoms with E-state index in [4.69, 9.17) is 24.4 Å². The highest BCUT2D eigenvalue weighted by Crippen LogP contribution is 2.30. The molecule has 0 aromatic heterocycles. The highest BCUT2D eigenvalue weighted by Gasteiger charge is 2.21. The van der Waals surface area contributed by atoms with Crippen molar-refractivity contribution in [1.82, 2.24) is 4.90 Å². The van der Waals surface area contributed by atoms with Gasteiger partial charge in [0, 0.05) is 32.2 Å². The second kappa shape index (κ2) is 16.2. The van der Waals surface area contributed by atoms with Crippen molar-refractivity contribution >= 4 is 33.7 Å². The van der Waals surface area contributed by atoms with Gasteiger partial charge in [-0.3, -0.25) is 4.79 Å². The molecule has 0 spiro atoms. The molecule has 0 aliphatic carbocycles. The summed E-state index contributed by atoms with van der Waals surface area (Å²) in [7, 11) is 1.68. The summed E-state index contributed by atoms with van der Waals surface area (Å²) in [6, 6.07) is 12.5. The first-order valence-electron chi connectivity index (χ1n) is 13.3. The lowest BCUT2D eigenvalue weighted by molar-refractivity contribution is -0.134. The number of rotatable bonds is 11. The molecule has 1 fully saturated rings. The number of carboxylic acids is 2. The van der Waals surface area contributed by atoms with Gasteiger partial charge in [-0.05, 0) is 96.0 Å². The molecule has 1 saturated heterocycles. The minimum Gasteiger partial charge on any atom is -0.492 e. The Bertz CT molecular complexity index is 1170. The Hall–Kier alpha value is -3.21. The van der Waals surface area contributed by atoms with E-state index in [0.717, 1.165) is 54.0 Å². The number of benzene rings is 2. The molecule has 216 valence electrons. The van der Waals surface area contributed by atoms with Crippen molar-refractivity contribution in [2.24, 2.45) is 5.92 Å². The number of carboxylic acid groups (broad SMARTS) is 2. The Labute approximate surface area is 242 Å². The average Bonchev–Trinajstić information content (AvgIpc) is 2.94. The van der Waals surface area contributed by atoms with E-state index in [1.54, 1.807) is 7.11 Å². The summed E-state index contributed by atoms with van der Waals surface area (Å²) in [5.41, 5.74) is 3.31. The minimum absolute atomic E-state index is 0.203. The van der Waals surface area contributed by atoms with E-state index >= 15 is 0 Å². The van der Waals surface area contributed by atoms with E-state index in [1.807, 2.05) is 12.1 Å². The molecule has 40 heavy (non-hydrogen) atoms. The van der Waals surface area contributed by atoms with E-state index in [-0.39, 0.29) is 5.78 Å². The highest BCUT2D eigenvalue weighted by molar-refractivity contribution is 9.10. The van der Waals surface area contributed by atoms with Crippen molar-refractivity contribution in [2.75, 3.05) is 46.6 Å². The fraction of sp³-hybridized carbons (Fsp3) is 0.433. The molecule has 0 unspecified atom stereocenters. The molecule has 4 rings (SSSR count). The third-order valence-electron chi connectivity index (χ3n) is 6.79. The Kier molecular flexibility index (Phi) is 12.6. The number of likely N-dealkylation sites (tertiary alicyclic amines) is 1. The summed E-state index contributed by atoms with van der Waals surface area (Å²) in [6.45, 7) is 4.95. The minimum atomic E-state index is -1.26.